The van der Waals surface area contributed by atoms with E-state index in [2.05, 4.69) is 10.6 Å². The molecule has 2 N–H and O–H groups in total. The van der Waals surface area contributed by atoms with Crippen LogP contribution in [-0.2, 0) is 0 Å². The first-order chi connectivity index (χ1) is 15.3. The fourth-order valence-electron chi connectivity index (χ4n) is 2.82. The summed E-state index contributed by atoms with van der Waals surface area (Å²) in [4.78, 5) is 24.6. The Kier molecular flexibility index (Phi) is 6.62. The highest BCUT2D eigenvalue weighted by molar-refractivity contribution is 6.08. The molecular formula is C22H16F4N2O4. The summed E-state index contributed by atoms with van der Waals surface area (Å²) in [6.45, 7) is 0. The normalized spacial score (nSPS) is 10.4. The van der Waals surface area contributed by atoms with Crippen molar-refractivity contribution in [1.29, 1.82) is 0 Å². The fraction of sp³-hybridized carbons (Fsp3) is 0.0909. The molecule has 0 heterocycles. The van der Waals surface area contributed by atoms with Gasteiger partial charge in [-0.1, -0.05) is 12.1 Å². The molecule has 0 unspecified atom stereocenters. The third kappa shape index (κ3) is 4.48. The van der Waals surface area contributed by atoms with Gasteiger partial charge in [0.15, 0.2) is 23.3 Å². The van der Waals surface area contributed by atoms with E-state index in [-0.39, 0.29) is 11.4 Å². The summed E-state index contributed by atoms with van der Waals surface area (Å²) >= 11 is 0. The lowest BCUT2D eigenvalue weighted by Gasteiger charge is -2.13. The van der Waals surface area contributed by atoms with Gasteiger partial charge < -0.3 is 20.1 Å². The van der Waals surface area contributed by atoms with Crippen LogP contribution in [0.15, 0.2) is 48.5 Å². The summed E-state index contributed by atoms with van der Waals surface area (Å²) in [5.41, 5.74) is -2.90. The monoisotopic (exact) mass is 448 g/mol. The quantitative estimate of drug-likeness (QED) is 0.421. The number of ether oxygens (including phenoxy) is 2. The Morgan fingerprint density at radius 1 is 0.656 bits per heavy atom. The standard InChI is InChI=1S/C22H16F4N2O4/c1-31-13-7-3-5-11(9-13)27-21(29)15-17(23)19(25)16(20(26)18(15)24)22(30)28-12-6-4-8-14(10-12)32-2/h3-10H,1-2H3,(H,27,29)(H,28,30). The molecule has 0 aliphatic heterocycles. The lowest BCUT2D eigenvalue weighted by Crippen LogP contribution is -2.23. The van der Waals surface area contributed by atoms with Crippen LogP contribution in [0.3, 0.4) is 0 Å². The molecule has 0 fully saturated rings. The average molecular weight is 448 g/mol. The molecular weight excluding hydrogens is 432 g/mol. The van der Waals surface area contributed by atoms with E-state index in [1.165, 1.54) is 50.6 Å². The number of rotatable bonds is 6. The summed E-state index contributed by atoms with van der Waals surface area (Å²) in [6, 6.07) is 11.5. The van der Waals surface area contributed by atoms with E-state index in [0.717, 1.165) is 0 Å². The molecule has 166 valence electrons. The number of halogens is 4. The van der Waals surface area contributed by atoms with Gasteiger partial charge in [0.1, 0.15) is 22.6 Å². The van der Waals surface area contributed by atoms with Gasteiger partial charge in [-0.15, -0.1) is 0 Å². The predicted octanol–water partition coefficient (Wildman–Crippen LogP) is 4.76. The maximum Gasteiger partial charge on any atom is 0.261 e. The van der Waals surface area contributed by atoms with Crippen molar-refractivity contribution in [3.63, 3.8) is 0 Å². The van der Waals surface area contributed by atoms with Crippen LogP contribution in [0.4, 0.5) is 28.9 Å². The Morgan fingerprint density at radius 3 is 1.31 bits per heavy atom. The van der Waals surface area contributed by atoms with E-state index < -0.39 is 46.2 Å². The van der Waals surface area contributed by atoms with Crippen molar-refractivity contribution in [2.24, 2.45) is 0 Å². The van der Waals surface area contributed by atoms with Crippen molar-refractivity contribution >= 4 is 23.2 Å². The van der Waals surface area contributed by atoms with Crippen molar-refractivity contribution in [2.45, 2.75) is 0 Å². The van der Waals surface area contributed by atoms with Gasteiger partial charge in [0.05, 0.1) is 14.2 Å². The second-order valence-corrected chi connectivity index (χ2v) is 6.38. The Labute approximate surface area is 179 Å². The molecule has 0 aliphatic rings. The number of amides is 2. The Morgan fingerprint density at radius 2 is 1.00 bits per heavy atom. The minimum Gasteiger partial charge on any atom is -0.497 e. The maximum absolute atomic E-state index is 14.6. The highest BCUT2D eigenvalue weighted by Gasteiger charge is 2.32. The second kappa shape index (κ2) is 9.38. The van der Waals surface area contributed by atoms with Gasteiger partial charge >= 0.3 is 0 Å². The molecule has 0 saturated heterocycles. The molecule has 0 radical (unpaired) electrons. The van der Waals surface area contributed by atoms with E-state index in [1.807, 2.05) is 0 Å². The van der Waals surface area contributed by atoms with Crippen LogP contribution in [0.2, 0.25) is 0 Å². The van der Waals surface area contributed by atoms with E-state index in [9.17, 15) is 27.2 Å². The van der Waals surface area contributed by atoms with Gasteiger partial charge in [-0.25, -0.2) is 17.6 Å². The van der Waals surface area contributed by atoms with Crippen molar-refractivity contribution in [3.8, 4) is 11.5 Å². The van der Waals surface area contributed by atoms with Gasteiger partial charge in [0.25, 0.3) is 11.8 Å². The van der Waals surface area contributed by atoms with Crippen molar-refractivity contribution in [1.82, 2.24) is 0 Å². The van der Waals surface area contributed by atoms with Crippen LogP contribution < -0.4 is 20.1 Å². The molecule has 0 bridgehead atoms. The van der Waals surface area contributed by atoms with Crippen LogP contribution in [-0.4, -0.2) is 26.0 Å². The topological polar surface area (TPSA) is 76.7 Å². The third-order valence-corrected chi connectivity index (χ3v) is 4.37. The molecule has 0 aliphatic carbocycles. The van der Waals surface area contributed by atoms with Crippen LogP contribution in [0.5, 0.6) is 11.5 Å². The zero-order chi connectivity index (χ0) is 23.4. The van der Waals surface area contributed by atoms with Crippen LogP contribution in [0.25, 0.3) is 0 Å². The predicted molar refractivity (Wildman–Crippen MR) is 108 cm³/mol. The summed E-state index contributed by atoms with van der Waals surface area (Å²) in [5, 5.41) is 4.25. The largest absolute Gasteiger partial charge is 0.497 e. The lowest BCUT2D eigenvalue weighted by molar-refractivity contribution is 0.0993. The Bertz CT molecular complexity index is 1080. The van der Waals surface area contributed by atoms with Crippen molar-refractivity contribution < 1.29 is 36.6 Å². The molecule has 0 aromatic heterocycles. The Hall–Kier alpha value is -4.08. The first-order valence-electron chi connectivity index (χ1n) is 9.03. The second-order valence-electron chi connectivity index (χ2n) is 6.38. The highest BCUT2D eigenvalue weighted by Crippen LogP contribution is 2.27. The van der Waals surface area contributed by atoms with Crippen LogP contribution >= 0.6 is 0 Å². The fourth-order valence-corrected chi connectivity index (χ4v) is 2.82. The number of anilines is 2. The van der Waals surface area contributed by atoms with Gasteiger partial charge in [-0.05, 0) is 24.3 Å². The molecule has 0 spiro atoms. The zero-order valence-corrected chi connectivity index (χ0v) is 16.8. The number of benzene rings is 3. The minimum atomic E-state index is -2.01. The van der Waals surface area contributed by atoms with E-state index >= 15 is 0 Å². The molecule has 3 aromatic rings. The first-order valence-corrected chi connectivity index (χ1v) is 9.03. The average Bonchev–Trinajstić information content (AvgIpc) is 2.78. The minimum absolute atomic E-state index is 0.0637. The summed E-state index contributed by atoms with van der Waals surface area (Å²) in [6.07, 6.45) is 0. The van der Waals surface area contributed by atoms with Crippen LogP contribution in [0.1, 0.15) is 20.7 Å². The third-order valence-electron chi connectivity index (χ3n) is 4.37. The van der Waals surface area contributed by atoms with E-state index in [1.54, 1.807) is 12.1 Å². The van der Waals surface area contributed by atoms with E-state index in [4.69, 9.17) is 9.47 Å². The number of hydrogen-bond acceptors (Lipinski definition) is 4. The van der Waals surface area contributed by atoms with Gasteiger partial charge in [0, 0.05) is 23.5 Å². The highest BCUT2D eigenvalue weighted by atomic mass is 19.2. The molecule has 0 saturated carbocycles. The number of methoxy groups -OCH3 is 2. The van der Waals surface area contributed by atoms with Gasteiger partial charge in [-0.2, -0.15) is 0 Å². The first kappa shape index (κ1) is 22.6. The molecule has 32 heavy (non-hydrogen) atoms. The van der Waals surface area contributed by atoms with Crippen molar-refractivity contribution in [3.05, 3.63) is 82.9 Å². The molecule has 3 aromatic carbocycles. The Balaban J connectivity index is 1.94. The maximum atomic E-state index is 14.6. The number of nitrogens with one attached hydrogen (secondary N) is 2. The van der Waals surface area contributed by atoms with Crippen molar-refractivity contribution in [2.75, 3.05) is 24.9 Å². The van der Waals surface area contributed by atoms with E-state index in [0.29, 0.717) is 11.5 Å². The molecule has 6 nitrogen and oxygen atoms in total. The summed E-state index contributed by atoms with van der Waals surface area (Å²) in [7, 11) is 2.72. The van der Waals surface area contributed by atoms with Gasteiger partial charge in [-0.3, -0.25) is 9.59 Å². The van der Waals surface area contributed by atoms with Gasteiger partial charge in [0.2, 0.25) is 0 Å². The molecule has 0 atom stereocenters. The number of hydrogen-bond donors (Lipinski definition) is 2. The summed E-state index contributed by atoms with van der Waals surface area (Å²) < 4.78 is 68.1. The number of carbonyl (C=O) groups is 2. The van der Waals surface area contributed by atoms with Crippen LogP contribution in [0, 0.1) is 23.3 Å². The summed E-state index contributed by atoms with van der Waals surface area (Å²) in [5.74, 6) is -10.3. The lowest BCUT2D eigenvalue weighted by atomic mass is 10.1. The number of carbonyl (C=O) groups excluding carboxylic acids is 2. The SMILES string of the molecule is COc1cccc(NC(=O)c2c(F)c(F)c(C(=O)Nc3cccc(OC)c3)c(F)c2F)c1. The smallest absolute Gasteiger partial charge is 0.261 e. The molecule has 3 rings (SSSR count). The molecule has 2 amide bonds. The molecule has 10 heteroatoms. The zero-order valence-electron chi connectivity index (χ0n) is 16.8.